The van der Waals surface area contributed by atoms with Crippen molar-refractivity contribution in [3.8, 4) is 0 Å². The van der Waals surface area contributed by atoms with Crippen molar-refractivity contribution >= 4 is 69.3 Å². The summed E-state index contributed by atoms with van der Waals surface area (Å²) < 4.78 is 4.19. The molecule has 0 aliphatic rings. The Kier molecular flexibility index (Phi) is 8.21. The van der Waals surface area contributed by atoms with Gasteiger partial charge >= 0.3 is 0 Å². The summed E-state index contributed by atoms with van der Waals surface area (Å²) >= 11 is 14.2. The molecule has 4 heterocycles. The minimum atomic E-state index is -0.558. The van der Waals surface area contributed by atoms with Gasteiger partial charge < -0.3 is 0 Å². The number of nitrogens with one attached hydrogen (secondary N) is 2. The van der Waals surface area contributed by atoms with Crippen LogP contribution in [0.2, 0.25) is 8.67 Å². The molecule has 8 nitrogen and oxygen atoms in total. The Bertz CT molecular complexity index is 1360. The Balaban J connectivity index is 1.34. The fourth-order valence-corrected chi connectivity index (χ4v) is 5.13. The van der Waals surface area contributed by atoms with Gasteiger partial charge in [-0.05, 0) is 36.4 Å². The van der Waals surface area contributed by atoms with E-state index in [0.717, 1.165) is 0 Å². The van der Waals surface area contributed by atoms with Crippen LogP contribution in [0.25, 0.3) is 0 Å². The smallest absolute Gasteiger partial charge is 0.275 e. The number of hydrogen-bond donors (Lipinski definition) is 2. The summed E-state index contributed by atoms with van der Waals surface area (Å²) in [5.74, 6) is -1.39. The lowest BCUT2D eigenvalue weighted by atomic mass is 10.2. The number of Topliss-reactive ketones (excluding diaryl/α,β-unsaturated/α-hetero) is 2. The van der Waals surface area contributed by atoms with E-state index in [9.17, 15) is 19.2 Å². The van der Waals surface area contributed by atoms with Gasteiger partial charge in [-0.3, -0.25) is 30.0 Å². The molecule has 4 aromatic heterocycles. The van der Waals surface area contributed by atoms with Gasteiger partial charge in [0.15, 0.2) is 24.8 Å². The molecule has 0 aliphatic carbocycles. The Labute approximate surface area is 223 Å². The van der Waals surface area contributed by atoms with E-state index in [0.29, 0.717) is 18.4 Å². The van der Waals surface area contributed by atoms with Crippen LogP contribution in [0.4, 0.5) is 0 Å². The molecule has 0 unspecified atom stereocenters. The summed E-state index contributed by atoms with van der Waals surface area (Å²) in [6.45, 7) is 0.0649. The lowest BCUT2D eigenvalue weighted by Gasteiger charge is -2.06. The normalized spacial score (nSPS) is 10.6. The van der Waals surface area contributed by atoms with Crippen molar-refractivity contribution < 1.29 is 28.3 Å². The average Bonchev–Trinajstić information content (AvgIpc) is 3.51. The van der Waals surface area contributed by atoms with Gasteiger partial charge in [0.05, 0.1) is 18.4 Å². The number of hydrogen-bond acceptors (Lipinski definition) is 6. The van der Waals surface area contributed by atoms with Gasteiger partial charge in [-0.15, -0.1) is 22.7 Å². The van der Waals surface area contributed by atoms with Crippen LogP contribution in [0.1, 0.15) is 40.1 Å². The first-order valence-corrected chi connectivity index (χ1v) is 12.8. The highest BCUT2D eigenvalue weighted by Gasteiger charge is 2.19. The van der Waals surface area contributed by atoms with Crippen molar-refractivity contribution in [3.05, 3.63) is 103 Å². The molecule has 0 saturated carbocycles. The van der Waals surface area contributed by atoms with Gasteiger partial charge in [0.1, 0.15) is 11.1 Å². The summed E-state index contributed by atoms with van der Waals surface area (Å²) in [5.41, 5.74) is 5.22. The van der Waals surface area contributed by atoms with Gasteiger partial charge in [0.2, 0.25) is 24.7 Å². The van der Waals surface area contributed by atoms with Crippen molar-refractivity contribution in [1.29, 1.82) is 0 Å². The molecule has 0 aromatic carbocycles. The largest absolute Gasteiger partial charge is 0.286 e. The van der Waals surface area contributed by atoms with Gasteiger partial charge in [-0.1, -0.05) is 23.2 Å². The van der Waals surface area contributed by atoms with E-state index in [1.807, 2.05) is 0 Å². The predicted molar refractivity (Wildman–Crippen MR) is 136 cm³/mol. The minimum absolute atomic E-state index is 0.0325. The van der Waals surface area contributed by atoms with Crippen LogP contribution >= 0.6 is 45.9 Å². The summed E-state index contributed by atoms with van der Waals surface area (Å²) in [6.07, 6.45) is 6.34. The summed E-state index contributed by atoms with van der Waals surface area (Å²) in [7, 11) is 0. The maximum atomic E-state index is 12.6. The molecule has 0 saturated heterocycles. The van der Waals surface area contributed by atoms with Gasteiger partial charge in [0.25, 0.3) is 11.8 Å². The SMILES string of the molecule is O=C(NNC(=O)c1ccc[n+](CC(=O)c2ccc(Cl)s2)c1)c1ccc[n+](CC(=O)c2ccc(Cl)s2)c1. The molecule has 2 N–H and O–H groups in total. The number of ketones is 2. The van der Waals surface area contributed by atoms with Crippen molar-refractivity contribution in [2.75, 3.05) is 0 Å². The van der Waals surface area contributed by atoms with Crippen LogP contribution in [0.15, 0.2) is 73.3 Å². The Morgan fingerprint density at radius 1 is 0.667 bits per heavy atom. The van der Waals surface area contributed by atoms with Crippen molar-refractivity contribution in [2.24, 2.45) is 0 Å². The summed E-state index contributed by atoms with van der Waals surface area (Å²) in [5, 5.41) is 0. The first-order chi connectivity index (χ1) is 17.3. The molecule has 12 heteroatoms. The second-order valence-corrected chi connectivity index (χ2v) is 10.9. The maximum Gasteiger partial charge on any atom is 0.275 e. The zero-order valence-corrected chi connectivity index (χ0v) is 21.6. The average molecular weight is 561 g/mol. The van der Waals surface area contributed by atoms with Crippen LogP contribution in [-0.2, 0) is 13.1 Å². The van der Waals surface area contributed by atoms with E-state index in [1.165, 1.54) is 35.1 Å². The van der Waals surface area contributed by atoms with E-state index in [2.05, 4.69) is 10.9 Å². The topological polar surface area (TPSA) is 100 Å². The molecule has 0 fully saturated rings. The van der Waals surface area contributed by atoms with E-state index >= 15 is 0 Å². The molecule has 0 aliphatic heterocycles. The van der Waals surface area contributed by atoms with E-state index in [-0.39, 0.29) is 35.8 Å². The summed E-state index contributed by atoms with van der Waals surface area (Å²) in [4.78, 5) is 51.0. The third kappa shape index (κ3) is 6.61. The monoisotopic (exact) mass is 560 g/mol. The maximum absolute atomic E-state index is 12.6. The van der Waals surface area contributed by atoms with Gasteiger partial charge in [0, 0.05) is 12.1 Å². The van der Waals surface area contributed by atoms with Crippen LogP contribution in [0.5, 0.6) is 0 Å². The molecule has 0 atom stereocenters. The molecule has 0 bridgehead atoms. The predicted octanol–water partition coefficient (Wildman–Crippen LogP) is 3.53. The molecule has 0 spiro atoms. The number of carbonyl (C=O) groups is 4. The van der Waals surface area contributed by atoms with Crippen molar-refractivity contribution in [2.45, 2.75) is 13.1 Å². The second-order valence-electron chi connectivity index (χ2n) is 7.49. The number of halogens is 2. The number of thiophene rings is 2. The number of carbonyl (C=O) groups excluding carboxylic acids is 4. The highest BCUT2D eigenvalue weighted by Crippen LogP contribution is 2.22. The first kappa shape index (κ1) is 25.6. The highest BCUT2D eigenvalue weighted by atomic mass is 35.5. The molecular formula is C24H18Cl2N4O4S2+2. The summed E-state index contributed by atoms with van der Waals surface area (Å²) in [6, 6.07) is 13.0. The Morgan fingerprint density at radius 3 is 1.44 bits per heavy atom. The fourth-order valence-electron chi connectivity index (χ4n) is 3.18. The second kappa shape index (κ2) is 11.5. The quantitative estimate of drug-likeness (QED) is 0.195. The van der Waals surface area contributed by atoms with Crippen LogP contribution in [-0.4, -0.2) is 23.4 Å². The highest BCUT2D eigenvalue weighted by molar-refractivity contribution is 7.18. The van der Waals surface area contributed by atoms with Crippen molar-refractivity contribution in [3.63, 3.8) is 0 Å². The lowest BCUT2D eigenvalue weighted by molar-refractivity contribution is -0.683. The Morgan fingerprint density at radius 2 is 1.08 bits per heavy atom. The van der Waals surface area contributed by atoms with Crippen LogP contribution < -0.4 is 20.0 Å². The molecule has 36 heavy (non-hydrogen) atoms. The van der Waals surface area contributed by atoms with E-state index in [1.54, 1.807) is 70.1 Å². The number of nitrogens with zero attached hydrogens (tertiary/aromatic N) is 2. The number of rotatable bonds is 8. The lowest BCUT2D eigenvalue weighted by Crippen LogP contribution is -2.44. The van der Waals surface area contributed by atoms with E-state index in [4.69, 9.17) is 23.2 Å². The third-order valence-corrected chi connectivity index (χ3v) is 7.42. The third-order valence-electron chi connectivity index (χ3n) is 4.88. The molecule has 0 radical (unpaired) electrons. The Hall–Kier alpha value is -3.44. The molecule has 2 amide bonds. The number of aromatic nitrogens is 2. The zero-order valence-electron chi connectivity index (χ0n) is 18.4. The minimum Gasteiger partial charge on any atom is -0.286 e. The van der Waals surface area contributed by atoms with Gasteiger partial charge in [-0.2, -0.15) is 9.13 Å². The van der Waals surface area contributed by atoms with Gasteiger partial charge in [-0.25, -0.2) is 0 Å². The molecule has 182 valence electrons. The number of amides is 2. The number of pyridine rings is 2. The van der Waals surface area contributed by atoms with Crippen LogP contribution in [0.3, 0.4) is 0 Å². The molecule has 4 aromatic rings. The molecule has 4 rings (SSSR count). The van der Waals surface area contributed by atoms with E-state index < -0.39 is 11.8 Å². The number of hydrazine groups is 1. The molecular weight excluding hydrogens is 543 g/mol. The zero-order chi connectivity index (χ0) is 25.7. The van der Waals surface area contributed by atoms with Crippen LogP contribution in [0, 0.1) is 0 Å². The van der Waals surface area contributed by atoms with Crippen molar-refractivity contribution in [1.82, 2.24) is 10.9 Å². The standard InChI is InChI=1S/C24H16Cl2N4O4S2/c25-21-7-5-19(35-21)17(31)13-29-9-1-3-15(11-29)23(33)27-28-24(34)16-4-2-10-30(12-16)14-18(32)20-6-8-22(26)36-20/h1-12H,13-14H2/p+2. The fraction of sp³-hybridized carbons (Fsp3) is 0.0833. The first-order valence-electron chi connectivity index (χ1n) is 10.4.